The normalized spacial score (nSPS) is 18.0. The minimum Gasteiger partial charge on any atom is -0.493 e. The lowest BCUT2D eigenvalue weighted by atomic mass is 10.0. The van der Waals surface area contributed by atoms with Gasteiger partial charge in [-0.2, -0.15) is 0 Å². The molecule has 2 heterocycles. The van der Waals surface area contributed by atoms with Crippen LogP contribution in [0.1, 0.15) is 24.0 Å². The Morgan fingerprint density at radius 2 is 1.85 bits per heavy atom. The van der Waals surface area contributed by atoms with Gasteiger partial charge in [0.25, 0.3) is 0 Å². The molecule has 0 aliphatic carbocycles. The van der Waals surface area contributed by atoms with Crippen molar-refractivity contribution in [3.63, 3.8) is 0 Å². The molecular weight excluding hydrogens is 430 g/mol. The predicted molar refractivity (Wildman–Crippen MR) is 123 cm³/mol. The second-order valence-electron chi connectivity index (χ2n) is 8.48. The van der Waals surface area contributed by atoms with E-state index in [4.69, 9.17) is 18.9 Å². The molecule has 0 aromatic heterocycles. The number of methoxy groups -OCH3 is 2. The van der Waals surface area contributed by atoms with E-state index in [9.17, 15) is 8.78 Å². The van der Waals surface area contributed by atoms with E-state index in [0.717, 1.165) is 56.9 Å². The van der Waals surface area contributed by atoms with Gasteiger partial charge in [0.05, 0.1) is 20.9 Å². The number of halogens is 2. The summed E-state index contributed by atoms with van der Waals surface area (Å²) in [5.41, 5.74) is 3.40. The first-order chi connectivity index (χ1) is 16.1. The minimum atomic E-state index is -1.61. The number of ether oxygens (including phenoxy) is 4. The first kappa shape index (κ1) is 23.6. The molecule has 0 amide bonds. The smallest absolute Gasteiger partial charge is 0.162 e. The SMILES string of the molecule is COc1ccc(CN2Cc3cc(OCC(F)CF)ccc3N(C3CCOCC3)C2)cc1OC. The molecule has 2 aromatic carbocycles. The average molecular weight is 463 g/mol. The molecule has 0 bridgehead atoms. The van der Waals surface area contributed by atoms with Crippen molar-refractivity contribution in [1.29, 1.82) is 0 Å². The largest absolute Gasteiger partial charge is 0.493 e. The van der Waals surface area contributed by atoms with Crippen LogP contribution in [0, 0.1) is 0 Å². The van der Waals surface area contributed by atoms with Crippen LogP contribution in [-0.4, -0.2) is 64.5 Å². The molecule has 1 atom stereocenters. The van der Waals surface area contributed by atoms with E-state index in [1.165, 1.54) is 5.69 Å². The molecule has 0 radical (unpaired) electrons. The highest BCUT2D eigenvalue weighted by molar-refractivity contribution is 5.58. The number of hydrogen-bond acceptors (Lipinski definition) is 6. The number of rotatable bonds is 9. The van der Waals surface area contributed by atoms with Gasteiger partial charge in [0.1, 0.15) is 19.0 Å². The molecule has 2 aliphatic heterocycles. The molecule has 33 heavy (non-hydrogen) atoms. The van der Waals surface area contributed by atoms with Gasteiger partial charge in [-0.25, -0.2) is 8.78 Å². The second-order valence-corrected chi connectivity index (χ2v) is 8.48. The van der Waals surface area contributed by atoms with Gasteiger partial charge < -0.3 is 23.8 Å². The molecule has 6 nitrogen and oxygen atoms in total. The monoisotopic (exact) mass is 462 g/mol. The number of anilines is 1. The van der Waals surface area contributed by atoms with Crippen LogP contribution in [-0.2, 0) is 17.8 Å². The summed E-state index contributed by atoms with van der Waals surface area (Å²) < 4.78 is 47.7. The molecule has 0 saturated carbocycles. The molecule has 1 unspecified atom stereocenters. The molecule has 2 aromatic rings. The summed E-state index contributed by atoms with van der Waals surface area (Å²) in [7, 11) is 3.27. The standard InChI is InChI=1S/C25H32F2N2O4/c1-30-24-6-3-18(11-25(24)31-2)14-28-15-19-12-22(33-16-20(27)13-26)4-5-23(19)29(17-28)21-7-9-32-10-8-21/h3-6,11-12,20-21H,7-10,13-17H2,1-2H3. The van der Waals surface area contributed by atoms with Crippen molar-refractivity contribution >= 4 is 5.69 Å². The van der Waals surface area contributed by atoms with Gasteiger partial charge in [0, 0.05) is 38.0 Å². The van der Waals surface area contributed by atoms with E-state index in [2.05, 4.69) is 9.80 Å². The van der Waals surface area contributed by atoms with Crippen molar-refractivity contribution in [2.75, 3.05) is 52.3 Å². The second kappa shape index (κ2) is 11.0. The summed E-state index contributed by atoms with van der Waals surface area (Å²) in [5.74, 6) is 1.97. The molecular formula is C25H32F2N2O4. The number of fused-ring (bicyclic) bond motifs is 1. The zero-order chi connectivity index (χ0) is 23.2. The van der Waals surface area contributed by atoms with Crippen LogP contribution in [0.15, 0.2) is 36.4 Å². The summed E-state index contributed by atoms with van der Waals surface area (Å²) in [5, 5.41) is 0. The summed E-state index contributed by atoms with van der Waals surface area (Å²) in [6.07, 6.45) is 0.338. The van der Waals surface area contributed by atoms with Gasteiger partial charge in [-0.1, -0.05) is 6.07 Å². The summed E-state index contributed by atoms with van der Waals surface area (Å²) in [6.45, 7) is 2.45. The summed E-state index contributed by atoms with van der Waals surface area (Å²) in [6, 6.07) is 12.2. The van der Waals surface area contributed by atoms with Crippen molar-refractivity contribution in [2.45, 2.75) is 38.1 Å². The Labute approximate surface area is 194 Å². The summed E-state index contributed by atoms with van der Waals surface area (Å²) in [4.78, 5) is 4.80. The fraction of sp³-hybridized carbons (Fsp3) is 0.520. The lowest BCUT2D eigenvalue weighted by Crippen LogP contribution is -2.49. The van der Waals surface area contributed by atoms with E-state index in [1.54, 1.807) is 14.2 Å². The molecule has 0 N–H and O–H groups in total. The molecule has 180 valence electrons. The third kappa shape index (κ3) is 5.68. The Kier molecular flexibility index (Phi) is 7.88. The van der Waals surface area contributed by atoms with Gasteiger partial charge >= 0.3 is 0 Å². The minimum absolute atomic E-state index is 0.283. The number of nitrogens with zero attached hydrogens (tertiary/aromatic N) is 2. The van der Waals surface area contributed by atoms with Gasteiger partial charge in [-0.3, -0.25) is 4.90 Å². The van der Waals surface area contributed by atoms with Gasteiger partial charge in [0.15, 0.2) is 17.7 Å². The van der Waals surface area contributed by atoms with Crippen LogP contribution in [0.4, 0.5) is 14.5 Å². The molecule has 1 saturated heterocycles. The van der Waals surface area contributed by atoms with Crippen molar-refractivity contribution in [2.24, 2.45) is 0 Å². The highest BCUT2D eigenvalue weighted by atomic mass is 19.2. The highest BCUT2D eigenvalue weighted by Gasteiger charge is 2.30. The Morgan fingerprint density at radius 3 is 2.58 bits per heavy atom. The van der Waals surface area contributed by atoms with Crippen LogP contribution < -0.4 is 19.1 Å². The van der Waals surface area contributed by atoms with E-state index in [-0.39, 0.29) is 6.61 Å². The van der Waals surface area contributed by atoms with Crippen molar-refractivity contribution in [3.8, 4) is 17.2 Å². The van der Waals surface area contributed by atoms with E-state index >= 15 is 0 Å². The number of hydrogen-bond donors (Lipinski definition) is 0. The highest BCUT2D eigenvalue weighted by Crippen LogP contribution is 2.35. The van der Waals surface area contributed by atoms with Crippen LogP contribution in [0.2, 0.25) is 0 Å². The van der Waals surface area contributed by atoms with E-state index in [1.807, 2.05) is 36.4 Å². The Hall–Kier alpha value is -2.58. The Morgan fingerprint density at radius 1 is 1.06 bits per heavy atom. The summed E-state index contributed by atoms with van der Waals surface area (Å²) >= 11 is 0. The van der Waals surface area contributed by atoms with Crippen LogP contribution in [0.5, 0.6) is 17.2 Å². The molecule has 1 fully saturated rings. The van der Waals surface area contributed by atoms with Crippen LogP contribution >= 0.6 is 0 Å². The lowest BCUT2D eigenvalue weighted by Gasteiger charge is -2.44. The molecule has 8 heteroatoms. The topological polar surface area (TPSA) is 43.4 Å². The Bertz CT molecular complexity index is 923. The van der Waals surface area contributed by atoms with E-state index in [0.29, 0.717) is 23.3 Å². The fourth-order valence-electron chi connectivity index (χ4n) is 4.52. The first-order valence-electron chi connectivity index (χ1n) is 11.3. The molecule has 2 aliphatic rings. The van der Waals surface area contributed by atoms with Gasteiger partial charge in [-0.05, 0) is 54.3 Å². The first-order valence-corrected chi connectivity index (χ1v) is 11.3. The number of benzene rings is 2. The third-order valence-corrected chi connectivity index (χ3v) is 6.19. The fourth-order valence-corrected chi connectivity index (χ4v) is 4.52. The maximum Gasteiger partial charge on any atom is 0.162 e. The Balaban J connectivity index is 1.56. The van der Waals surface area contributed by atoms with Crippen LogP contribution in [0.3, 0.4) is 0 Å². The lowest BCUT2D eigenvalue weighted by molar-refractivity contribution is 0.0792. The number of alkyl halides is 2. The van der Waals surface area contributed by atoms with Crippen LogP contribution in [0.25, 0.3) is 0 Å². The molecule has 4 rings (SSSR count). The molecule has 0 spiro atoms. The van der Waals surface area contributed by atoms with Crippen molar-refractivity contribution in [1.82, 2.24) is 4.90 Å². The quantitative estimate of drug-likeness (QED) is 0.552. The zero-order valence-corrected chi connectivity index (χ0v) is 19.3. The van der Waals surface area contributed by atoms with Gasteiger partial charge in [0.2, 0.25) is 0 Å². The van der Waals surface area contributed by atoms with Gasteiger partial charge in [-0.15, -0.1) is 0 Å². The third-order valence-electron chi connectivity index (χ3n) is 6.19. The maximum absolute atomic E-state index is 13.3. The zero-order valence-electron chi connectivity index (χ0n) is 19.3. The van der Waals surface area contributed by atoms with E-state index < -0.39 is 12.8 Å². The van der Waals surface area contributed by atoms with Crippen molar-refractivity contribution in [3.05, 3.63) is 47.5 Å². The predicted octanol–water partition coefficient (Wildman–Crippen LogP) is 4.35. The maximum atomic E-state index is 13.3. The van der Waals surface area contributed by atoms with Crippen molar-refractivity contribution < 1.29 is 27.7 Å². The average Bonchev–Trinajstić information content (AvgIpc) is 2.87.